The Morgan fingerprint density at radius 2 is 1.42 bits per heavy atom. The zero-order valence-corrected chi connectivity index (χ0v) is 15.0. The number of hydrogen-bond donors (Lipinski definition) is 1. The van der Waals surface area contributed by atoms with Gasteiger partial charge in [0, 0.05) is 6.61 Å². The first-order valence-electron chi connectivity index (χ1n) is 8.98. The molecule has 3 nitrogen and oxygen atoms in total. The fourth-order valence-corrected chi connectivity index (χ4v) is 2.75. The van der Waals surface area contributed by atoms with Crippen LogP contribution < -0.4 is 5.01 Å². The normalized spacial score (nSPS) is 11.0. The molecule has 3 rings (SSSR count). The van der Waals surface area contributed by atoms with E-state index in [9.17, 15) is 0 Å². The van der Waals surface area contributed by atoms with E-state index in [-0.39, 0.29) is 6.61 Å². The van der Waals surface area contributed by atoms with E-state index in [0.717, 1.165) is 28.9 Å². The van der Waals surface area contributed by atoms with Crippen LogP contribution in [-0.2, 0) is 12.8 Å². The Morgan fingerprint density at radius 3 is 2.04 bits per heavy atom. The molecule has 0 spiro atoms. The molecule has 0 fully saturated rings. The predicted molar refractivity (Wildman–Crippen MR) is 109 cm³/mol. The fourth-order valence-electron chi connectivity index (χ4n) is 2.75. The molecule has 26 heavy (non-hydrogen) atoms. The van der Waals surface area contributed by atoms with Gasteiger partial charge in [-0.05, 0) is 53.8 Å². The minimum absolute atomic E-state index is 0.160. The van der Waals surface area contributed by atoms with Crippen molar-refractivity contribution in [3.63, 3.8) is 0 Å². The van der Waals surface area contributed by atoms with Crippen LogP contribution in [0, 0.1) is 0 Å². The van der Waals surface area contributed by atoms with Crippen molar-refractivity contribution in [2.75, 3.05) is 11.6 Å². The van der Waals surface area contributed by atoms with Gasteiger partial charge in [-0.15, -0.1) is 0 Å². The lowest BCUT2D eigenvalue weighted by atomic mass is 10.1. The van der Waals surface area contributed by atoms with Crippen LogP contribution >= 0.6 is 0 Å². The number of rotatable bonds is 7. The molecule has 1 N–H and O–H groups in total. The van der Waals surface area contributed by atoms with Crippen LogP contribution in [0.2, 0.25) is 0 Å². The number of aliphatic hydroxyl groups excluding tert-OH is 1. The van der Waals surface area contributed by atoms with Gasteiger partial charge in [0.25, 0.3) is 0 Å². The summed E-state index contributed by atoms with van der Waals surface area (Å²) in [6.45, 7) is 2.31. The quantitative estimate of drug-likeness (QED) is 0.486. The van der Waals surface area contributed by atoms with E-state index in [2.05, 4.69) is 31.2 Å². The standard InChI is InChI=1S/C23H24N2O/c1-2-19-8-10-21(11-9-19)18-24-25(22-6-4-3-5-7-22)23-14-12-20(13-15-23)16-17-26/h3-15,18,26H,2,16-17H2,1H3/b24-18+. The highest BCUT2D eigenvalue weighted by atomic mass is 16.2. The van der Waals surface area contributed by atoms with Crippen LogP contribution in [0.25, 0.3) is 0 Å². The first kappa shape index (κ1) is 17.9. The van der Waals surface area contributed by atoms with Gasteiger partial charge in [-0.1, -0.05) is 61.5 Å². The number of anilines is 2. The second-order valence-corrected chi connectivity index (χ2v) is 6.13. The lowest BCUT2D eigenvalue weighted by Crippen LogP contribution is -2.09. The van der Waals surface area contributed by atoms with E-state index in [4.69, 9.17) is 10.2 Å². The average Bonchev–Trinajstić information content (AvgIpc) is 2.71. The Morgan fingerprint density at radius 1 is 0.808 bits per heavy atom. The van der Waals surface area contributed by atoms with Crippen molar-refractivity contribution in [2.45, 2.75) is 19.8 Å². The predicted octanol–water partition coefficient (Wildman–Crippen LogP) is 4.96. The number of para-hydroxylation sites is 1. The maximum Gasteiger partial charge on any atom is 0.0652 e. The largest absolute Gasteiger partial charge is 0.396 e. The molecule has 3 aromatic carbocycles. The molecule has 132 valence electrons. The molecule has 0 saturated heterocycles. The molecule has 0 bridgehead atoms. The molecule has 0 saturated carbocycles. The summed E-state index contributed by atoms with van der Waals surface area (Å²) in [4.78, 5) is 0. The van der Waals surface area contributed by atoms with Gasteiger partial charge in [-0.2, -0.15) is 5.10 Å². The van der Waals surface area contributed by atoms with Gasteiger partial charge in [0.15, 0.2) is 0 Å². The molecule has 0 aromatic heterocycles. The topological polar surface area (TPSA) is 35.8 Å². The number of hydrogen-bond acceptors (Lipinski definition) is 3. The summed E-state index contributed by atoms with van der Waals surface area (Å²) in [6.07, 6.45) is 3.58. The van der Waals surface area contributed by atoms with E-state index in [1.54, 1.807) is 0 Å². The van der Waals surface area contributed by atoms with Crippen molar-refractivity contribution in [1.29, 1.82) is 0 Å². The molecule has 0 radical (unpaired) electrons. The fraction of sp³-hybridized carbons (Fsp3) is 0.174. The summed E-state index contributed by atoms with van der Waals surface area (Å²) < 4.78 is 0. The Balaban J connectivity index is 1.89. The molecular formula is C23H24N2O. The number of aryl methyl sites for hydroxylation is 1. The van der Waals surface area contributed by atoms with Gasteiger partial charge >= 0.3 is 0 Å². The van der Waals surface area contributed by atoms with Gasteiger partial charge < -0.3 is 5.11 Å². The maximum absolute atomic E-state index is 9.09. The van der Waals surface area contributed by atoms with Gasteiger partial charge in [0.2, 0.25) is 0 Å². The first-order chi connectivity index (χ1) is 12.8. The molecular weight excluding hydrogens is 320 g/mol. The first-order valence-corrected chi connectivity index (χ1v) is 8.98. The number of aliphatic hydroxyl groups is 1. The summed E-state index contributed by atoms with van der Waals surface area (Å²) >= 11 is 0. The SMILES string of the molecule is CCc1ccc(/C=N/N(c2ccccc2)c2ccc(CCO)cc2)cc1. The molecule has 0 aliphatic rings. The van der Waals surface area contributed by atoms with E-state index >= 15 is 0 Å². The smallest absolute Gasteiger partial charge is 0.0652 e. The average molecular weight is 344 g/mol. The van der Waals surface area contributed by atoms with Crippen molar-refractivity contribution in [3.05, 3.63) is 95.6 Å². The van der Waals surface area contributed by atoms with Crippen molar-refractivity contribution < 1.29 is 5.11 Å². The summed E-state index contributed by atoms with van der Waals surface area (Å²) in [5.74, 6) is 0. The third kappa shape index (κ3) is 4.58. The minimum Gasteiger partial charge on any atom is -0.396 e. The highest BCUT2D eigenvalue weighted by Gasteiger charge is 2.07. The summed E-state index contributed by atoms with van der Waals surface area (Å²) in [5.41, 5.74) is 5.49. The number of benzene rings is 3. The number of nitrogens with zero attached hydrogens (tertiary/aromatic N) is 2. The lowest BCUT2D eigenvalue weighted by molar-refractivity contribution is 0.299. The zero-order chi connectivity index (χ0) is 18.2. The van der Waals surface area contributed by atoms with Gasteiger partial charge in [-0.3, -0.25) is 0 Å². The molecule has 0 heterocycles. The van der Waals surface area contributed by atoms with Crippen LogP contribution in [-0.4, -0.2) is 17.9 Å². The summed E-state index contributed by atoms with van der Waals surface area (Å²) in [7, 11) is 0. The van der Waals surface area contributed by atoms with Crippen LogP contribution in [0.4, 0.5) is 11.4 Å². The van der Waals surface area contributed by atoms with E-state index in [0.29, 0.717) is 6.42 Å². The van der Waals surface area contributed by atoms with Crippen molar-refractivity contribution >= 4 is 17.6 Å². The third-order valence-electron chi connectivity index (χ3n) is 4.29. The Kier molecular flexibility index (Phi) is 6.18. The van der Waals surface area contributed by atoms with Crippen molar-refractivity contribution in [3.8, 4) is 0 Å². The molecule has 3 aromatic rings. The van der Waals surface area contributed by atoms with Crippen molar-refractivity contribution in [2.24, 2.45) is 5.10 Å². The molecule has 0 aliphatic carbocycles. The van der Waals surface area contributed by atoms with Gasteiger partial charge in [0.1, 0.15) is 0 Å². The lowest BCUT2D eigenvalue weighted by Gasteiger charge is -2.19. The second-order valence-electron chi connectivity index (χ2n) is 6.13. The molecule has 3 heteroatoms. The van der Waals surface area contributed by atoms with E-state index in [1.165, 1.54) is 5.56 Å². The maximum atomic E-state index is 9.09. The van der Waals surface area contributed by atoms with Crippen LogP contribution in [0.1, 0.15) is 23.6 Å². The van der Waals surface area contributed by atoms with E-state index in [1.807, 2.05) is 65.8 Å². The van der Waals surface area contributed by atoms with Gasteiger partial charge in [-0.25, -0.2) is 5.01 Å². The minimum atomic E-state index is 0.160. The highest BCUT2D eigenvalue weighted by Crippen LogP contribution is 2.26. The Hall–Kier alpha value is -2.91. The molecule has 0 amide bonds. The Labute approximate surface area is 155 Å². The molecule has 0 unspecified atom stereocenters. The molecule has 0 aliphatic heterocycles. The van der Waals surface area contributed by atoms with Crippen LogP contribution in [0.5, 0.6) is 0 Å². The summed E-state index contributed by atoms with van der Waals surface area (Å²) in [6, 6.07) is 26.7. The van der Waals surface area contributed by atoms with E-state index < -0.39 is 0 Å². The second kappa shape index (κ2) is 8.97. The third-order valence-corrected chi connectivity index (χ3v) is 4.29. The highest BCUT2D eigenvalue weighted by molar-refractivity contribution is 5.81. The number of hydrazone groups is 1. The zero-order valence-electron chi connectivity index (χ0n) is 15.0. The summed E-state index contributed by atoms with van der Waals surface area (Å²) in [5, 5.41) is 15.7. The van der Waals surface area contributed by atoms with Crippen LogP contribution in [0.15, 0.2) is 84.0 Å². The van der Waals surface area contributed by atoms with Gasteiger partial charge in [0.05, 0.1) is 17.6 Å². The molecule has 0 atom stereocenters. The monoisotopic (exact) mass is 344 g/mol. The van der Waals surface area contributed by atoms with Crippen molar-refractivity contribution in [1.82, 2.24) is 0 Å². The Bertz CT molecular complexity index is 824. The van der Waals surface area contributed by atoms with Crippen LogP contribution in [0.3, 0.4) is 0 Å².